The zero-order valence-corrected chi connectivity index (χ0v) is 19.8. The van der Waals surface area contributed by atoms with Gasteiger partial charge in [-0.05, 0) is 57.6 Å². The first-order valence-corrected chi connectivity index (χ1v) is 11.8. The van der Waals surface area contributed by atoms with Gasteiger partial charge in [0.15, 0.2) is 5.65 Å². The van der Waals surface area contributed by atoms with Gasteiger partial charge in [-0.3, -0.25) is 0 Å². The molecule has 10 heteroatoms. The Balaban J connectivity index is 1.36. The number of aromatic nitrogens is 5. The molecule has 3 aliphatic carbocycles. The Bertz CT molecular complexity index is 1290. The third kappa shape index (κ3) is 3.40. The van der Waals surface area contributed by atoms with Crippen molar-refractivity contribution in [2.24, 2.45) is 5.41 Å². The molecule has 0 unspecified atom stereocenters. The van der Waals surface area contributed by atoms with Gasteiger partial charge in [0.25, 0.3) is 0 Å². The fourth-order valence-corrected chi connectivity index (χ4v) is 5.99. The molecule has 0 N–H and O–H groups in total. The molecule has 1 saturated heterocycles. The zero-order valence-electron chi connectivity index (χ0n) is 19.8. The van der Waals surface area contributed by atoms with E-state index < -0.39 is 17.0 Å². The molecule has 4 aliphatic rings. The number of rotatable bonds is 4. The fourth-order valence-electron chi connectivity index (χ4n) is 5.99. The maximum Gasteiger partial charge on any atom is 0.394 e. The smallest absolute Gasteiger partial charge is 0.394 e. The second kappa shape index (κ2) is 7.56. The van der Waals surface area contributed by atoms with Gasteiger partial charge < -0.3 is 9.47 Å². The van der Waals surface area contributed by atoms with E-state index in [2.05, 4.69) is 15.0 Å². The summed E-state index contributed by atoms with van der Waals surface area (Å²) >= 11 is 0. The van der Waals surface area contributed by atoms with Crippen LogP contribution in [0.25, 0.3) is 11.2 Å². The Morgan fingerprint density at radius 1 is 1.03 bits per heavy atom. The Morgan fingerprint density at radius 2 is 1.77 bits per heavy atom. The van der Waals surface area contributed by atoms with Gasteiger partial charge in [0.05, 0.1) is 35.7 Å². The molecule has 4 fully saturated rings. The number of pyridine rings is 1. The van der Waals surface area contributed by atoms with Gasteiger partial charge in [0, 0.05) is 30.2 Å². The average Bonchev–Trinajstić information content (AvgIpc) is 2.77. The molecule has 2 atom stereocenters. The molecule has 3 saturated carbocycles. The maximum atomic E-state index is 13.6. The predicted molar refractivity (Wildman–Crippen MR) is 120 cm³/mol. The molecule has 4 heterocycles. The molecule has 0 aromatic carbocycles. The van der Waals surface area contributed by atoms with Gasteiger partial charge in [-0.1, -0.05) is 0 Å². The van der Waals surface area contributed by atoms with Crippen molar-refractivity contribution in [2.75, 3.05) is 13.7 Å². The van der Waals surface area contributed by atoms with E-state index in [0.29, 0.717) is 41.6 Å². The lowest BCUT2D eigenvalue weighted by Gasteiger charge is -2.70. The van der Waals surface area contributed by atoms with Crippen LogP contribution >= 0.6 is 0 Å². The van der Waals surface area contributed by atoms with Crippen LogP contribution in [0.15, 0.2) is 18.3 Å². The zero-order chi connectivity index (χ0) is 24.6. The number of halogens is 3. The normalized spacial score (nSPS) is 30.0. The number of hydrogen-bond acceptors (Lipinski definition) is 7. The topological polar surface area (TPSA) is 82.9 Å². The highest BCUT2D eigenvalue weighted by Crippen LogP contribution is 2.78. The van der Waals surface area contributed by atoms with Gasteiger partial charge in [-0.25, -0.2) is 24.9 Å². The molecule has 3 aromatic heterocycles. The number of hydrogen-bond donors (Lipinski definition) is 0. The number of methoxy groups -OCH3 is 1. The molecule has 1 aliphatic heterocycles. The van der Waals surface area contributed by atoms with Crippen molar-refractivity contribution in [3.8, 4) is 5.88 Å². The first-order valence-electron chi connectivity index (χ1n) is 11.8. The van der Waals surface area contributed by atoms with Gasteiger partial charge >= 0.3 is 6.18 Å². The van der Waals surface area contributed by atoms with Crippen LogP contribution in [-0.2, 0) is 10.2 Å². The molecule has 0 amide bonds. The largest absolute Gasteiger partial charge is 0.481 e. The number of fused-ring (bicyclic) bond motifs is 1. The van der Waals surface area contributed by atoms with Gasteiger partial charge in [0.1, 0.15) is 11.3 Å². The summed E-state index contributed by atoms with van der Waals surface area (Å²) < 4.78 is 51.9. The first kappa shape index (κ1) is 22.6. The number of nitrogens with zero attached hydrogens (tertiary/aromatic N) is 5. The van der Waals surface area contributed by atoms with Crippen LogP contribution in [0.4, 0.5) is 13.2 Å². The van der Waals surface area contributed by atoms with Crippen molar-refractivity contribution >= 4 is 11.2 Å². The highest BCUT2D eigenvalue weighted by Gasteiger charge is 2.79. The summed E-state index contributed by atoms with van der Waals surface area (Å²) in [5.41, 5.74) is 1.91. The first-order chi connectivity index (χ1) is 16.6. The van der Waals surface area contributed by atoms with E-state index in [4.69, 9.17) is 19.4 Å². The Labute approximate surface area is 200 Å². The number of aryl methyl sites for hydroxylation is 2. The number of alkyl halides is 3. The highest BCUT2D eigenvalue weighted by atomic mass is 19.4. The van der Waals surface area contributed by atoms with Crippen LogP contribution in [-0.4, -0.2) is 44.8 Å². The maximum absolute atomic E-state index is 13.6. The molecule has 0 spiro atoms. The molecular weight excluding hydrogens is 459 g/mol. The minimum absolute atomic E-state index is 0.00802. The van der Waals surface area contributed by atoms with Crippen molar-refractivity contribution in [1.29, 1.82) is 0 Å². The summed E-state index contributed by atoms with van der Waals surface area (Å²) in [6.45, 7) is 4.24. The minimum atomic E-state index is -4.18. The molecule has 35 heavy (non-hydrogen) atoms. The summed E-state index contributed by atoms with van der Waals surface area (Å²) in [5, 5.41) is 0. The molecule has 7 rings (SSSR count). The van der Waals surface area contributed by atoms with E-state index in [9.17, 15) is 13.2 Å². The molecule has 7 nitrogen and oxygen atoms in total. The third-order valence-electron chi connectivity index (χ3n) is 8.08. The van der Waals surface area contributed by atoms with E-state index in [0.717, 1.165) is 23.4 Å². The van der Waals surface area contributed by atoms with Crippen LogP contribution in [0.3, 0.4) is 0 Å². The lowest BCUT2D eigenvalue weighted by molar-refractivity contribution is -0.337. The Hall–Kier alpha value is -2.88. The van der Waals surface area contributed by atoms with E-state index in [1.165, 1.54) is 0 Å². The van der Waals surface area contributed by atoms with Crippen molar-refractivity contribution in [3.05, 3.63) is 46.8 Å². The average molecular weight is 486 g/mol. The molecule has 184 valence electrons. The van der Waals surface area contributed by atoms with E-state index in [-0.39, 0.29) is 31.3 Å². The van der Waals surface area contributed by atoms with Crippen LogP contribution in [0.2, 0.25) is 0 Å². The summed E-state index contributed by atoms with van der Waals surface area (Å²) in [5.74, 6) is 1.14. The van der Waals surface area contributed by atoms with Crippen LogP contribution in [0, 0.1) is 19.3 Å². The Kier molecular flexibility index (Phi) is 4.87. The summed E-state index contributed by atoms with van der Waals surface area (Å²) in [6, 6.07) is 3.73. The van der Waals surface area contributed by atoms with Crippen LogP contribution in [0.5, 0.6) is 5.88 Å². The van der Waals surface area contributed by atoms with Crippen molar-refractivity contribution < 1.29 is 22.6 Å². The minimum Gasteiger partial charge on any atom is -0.481 e. The monoisotopic (exact) mass is 485 g/mol. The van der Waals surface area contributed by atoms with E-state index in [1.807, 2.05) is 19.9 Å². The van der Waals surface area contributed by atoms with E-state index in [1.54, 1.807) is 19.4 Å². The SMILES string of the molecule is COc1ccc([C@@H]2C[C@H](c3nc(C45CC(C(F)(F)F)(C4)C5)c4nc(C)c(C)nc4n3)CCO2)cn1. The quantitative estimate of drug-likeness (QED) is 0.511. The molecule has 2 bridgehead atoms. The fraction of sp³-hybridized carbons (Fsp3) is 0.560. The molecule has 3 aromatic rings. The second-order valence-electron chi connectivity index (χ2n) is 10.3. The molecule has 0 radical (unpaired) electrons. The summed E-state index contributed by atoms with van der Waals surface area (Å²) in [7, 11) is 1.57. The standard InChI is InChI=1S/C25H26F3N5O2/c1-13-14(2)31-22-19(30-13)20(23-10-24(11-23,12-23)25(26,27)28)32-21(33-22)15-6-7-35-17(8-15)16-4-5-18(34-3)29-9-16/h4-5,9,15,17H,6-8,10-12H2,1-3H3/t15-,17+,23?,24?/m1/s1. The summed E-state index contributed by atoms with van der Waals surface area (Å²) in [4.78, 5) is 23.3. The molecular formula is C25H26F3N5O2. The summed E-state index contributed by atoms with van der Waals surface area (Å²) in [6.07, 6.45) is -1.04. The predicted octanol–water partition coefficient (Wildman–Crippen LogP) is 5.06. The van der Waals surface area contributed by atoms with Gasteiger partial charge in [-0.2, -0.15) is 13.2 Å². The van der Waals surface area contributed by atoms with Crippen molar-refractivity contribution in [1.82, 2.24) is 24.9 Å². The van der Waals surface area contributed by atoms with Gasteiger partial charge in [0.2, 0.25) is 5.88 Å². The lowest BCUT2D eigenvalue weighted by atomic mass is 9.34. The van der Waals surface area contributed by atoms with Crippen LogP contribution in [0.1, 0.15) is 72.6 Å². The van der Waals surface area contributed by atoms with Crippen LogP contribution < -0.4 is 4.74 Å². The number of ether oxygens (including phenoxy) is 2. The van der Waals surface area contributed by atoms with Crippen molar-refractivity contribution in [3.63, 3.8) is 0 Å². The van der Waals surface area contributed by atoms with Crippen molar-refractivity contribution in [2.45, 2.75) is 69.6 Å². The Morgan fingerprint density at radius 3 is 2.43 bits per heavy atom. The van der Waals surface area contributed by atoms with E-state index >= 15 is 0 Å². The highest BCUT2D eigenvalue weighted by molar-refractivity contribution is 5.75. The second-order valence-corrected chi connectivity index (χ2v) is 10.3. The van der Waals surface area contributed by atoms with Gasteiger partial charge in [-0.15, -0.1) is 0 Å². The lowest BCUT2D eigenvalue weighted by Crippen LogP contribution is -2.70. The third-order valence-corrected chi connectivity index (χ3v) is 8.08.